The molecule has 0 fully saturated rings. The number of quaternary nitrogens is 1. The van der Waals surface area contributed by atoms with E-state index in [9.17, 15) is 17.8 Å². The zero-order valence-electron chi connectivity index (χ0n) is 17.6. The maximum absolute atomic E-state index is 12.2. The molecule has 0 saturated heterocycles. The van der Waals surface area contributed by atoms with Crippen molar-refractivity contribution in [3.63, 3.8) is 0 Å². The van der Waals surface area contributed by atoms with Crippen molar-refractivity contribution < 1.29 is 22.2 Å². The van der Waals surface area contributed by atoms with Gasteiger partial charge in [0.25, 0.3) is 5.91 Å². The molecule has 1 amide bonds. The van der Waals surface area contributed by atoms with Gasteiger partial charge in [0.05, 0.1) is 37.3 Å². The minimum atomic E-state index is -4.14. The molecule has 28 heavy (non-hydrogen) atoms. The zero-order valence-corrected chi connectivity index (χ0v) is 18.4. The molecule has 0 unspecified atom stereocenters. The Hall–Kier alpha value is -1.44. The fourth-order valence-electron chi connectivity index (χ4n) is 3.17. The van der Waals surface area contributed by atoms with E-state index in [2.05, 4.69) is 12.2 Å². The molecule has 0 radical (unpaired) electrons. The van der Waals surface area contributed by atoms with E-state index in [-0.39, 0.29) is 11.7 Å². The number of unbranched alkanes of at least 4 members (excludes halogenated alkanes) is 3. The summed E-state index contributed by atoms with van der Waals surface area (Å²) in [4.78, 5) is 12.2. The molecule has 0 aliphatic heterocycles. The average molecular weight is 413 g/mol. The van der Waals surface area contributed by atoms with Crippen molar-refractivity contribution in [3.05, 3.63) is 35.4 Å². The van der Waals surface area contributed by atoms with Gasteiger partial charge in [-0.15, -0.1) is 0 Å². The Labute approximate surface area is 170 Å². The molecule has 0 aromatic heterocycles. The zero-order chi connectivity index (χ0) is 21.0. The first-order valence-corrected chi connectivity index (χ1v) is 11.8. The highest BCUT2D eigenvalue weighted by atomic mass is 32.2. The molecule has 1 N–H and O–H groups in total. The van der Waals surface area contributed by atoms with Crippen molar-refractivity contribution in [2.24, 2.45) is 0 Å². The summed E-state index contributed by atoms with van der Waals surface area (Å²) in [6.45, 7) is 4.19. The summed E-state index contributed by atoms with van der Waals surface area (Å²) in [5, 5.41) is 2.94. The largest absolute Gasteiger partial charge is 0.748 e. The lowest BCUT2D eigenvalue weighted by atomic mass is 10.0. The number of hydrogen-bond acceptors (Lipinski definition) is 4. The van der Waals surface area contributed by atoms with Crippen LogP contribution in [0.1, 0.15) is 61.4 Å². The fourth-order valence-corrected chi connectivity index (χ4v) is 3.65. The summed E-state index contributed by atoms with van der Waals surface area (Å²) in [6, 6.07) is 7.83. The molecule has 1 aromatic rings. The third-order valence-electron chi connectivity index (χ3n) is 4.92. The number of nitrogens with one attached hydrogen (secondary N) is 1. The Bertz CT molecular complexity index is 685. The van der Waals surface area contributed by atoms with Crippen LogP contribution in [0, 0.1) is 0 Å². The Kier molecular flexibility index (Phi) is 10.7. The number of benzene rings is 1. The van der Waals surface area contributed by atoms with Gasteiger partial charge in [-0.25, -0.2) is 8.42 Å². The molecule has 0 aliphatic rings. The number of hydrogen-bond donors (Lipinski definition) is 1. The number of nitrogens with zero attached hydrogens (tertiary/aromatic N) is 1. The third-order valence-corrected chi connectivity index (χ3v) is 5.71. The Balaban J connectivity index is 2.28. The van der Waals surface area contributed by atoms with Crippen molar-refractivity contribution in [2.75, 3.05) is 39.5 Å². The lowest BCUT2D eigenvalue weighted by Crippen LogP contribution is -2.43. The molecular formula is C21H36N2O4S. The van der Waals surface area contributed by atoms with Crippen LogP contribution in [0.2, 0.25) is 0 Å². The first kappa shape index (κ1) is 24.6. The first-order valence-electron chi connectivity index (χ1n) is 10.3. The highest BCUT2D eigenvalue weighted by Gasteiger charge is 2.15. The highest BCUT2D eigenvalue weighted by Crippen LogP contribution is 2.10. The molecule has 0 spiro atoms. The van der Waals surface area contributed by atoms with Crippen LogP contribution in [0.3, 0.4) is 0 Å². The minimum Gasteiger partial charge on any atom is -0.748 e. The lowest BCUT2D eigenvalue weighted by Gasteiger charge is -2.30. The topological polar surface area (TPSA) is 86.3 Å². The highest BCUT2D eigenvalue weighted by molar-refractivity contribution is 7.85. The van der Waals surface area contributed by atoms with Crippen molar-refractivity contribution in [1.29, 1.82) is 0 Å². The second-order valence-corrected chi connectivity index (χ2v) is 9.64. The smallest absolute Gasteiger partial charge is 0.251 e. The second-order valence-electron chi connectivity index (χ2n) is 8.12. The number of carbonyl (C=O) groups excluding carboxylic acids is 1. The van der Waals surface area contributed by atoms with E-state index >= 15 is 0 Å². The first-order chi connectivity index (χ1) is 13.1. The summed E-state index contributed by atoms with van der Waals surface area (Å²) >= 11 is 0. The van der Waals surface area contributed by atoms with Gasteiger partial charge < -0.3 is 14.4 Å². The Morgan fingerprint density at radius 2 is 1.64 bits per heavy atom. The van der Waals surface area contributed by atoms with Gasteiger partial charge in [0.15, 0.2) is 0 Å². The fraction of sp³-hybridized carbons (Fsp3) is 0.667. The van der Waals surface area contributed by atoms with E-state index in [0.717, 1.165) is 19.4 Å². The maximum atomic E-state index is 12.2. The molecule has 7 heteroatoms. The van der Waals surface area contributed by atoms with Gasteiger partial charge >= 0.3 is 0 Å². The van der Waals surface area contributed by atoms with Gasteiger partial charge in [0.2, 0.25) is 0 Å². The molecule has 0 saturated carbocycles. The molecule has 1 aromatic carbocycles. The van der Waals surface area contributed by atoms with E-state index in [1.165, 1.54) is 31.2 Å². The third kappa shape index (κ3) is 11.4. The minimum absolute atomic E-state index is 0.0692. The summed E-state index contributed by atoms with van der Waals surface area (Å²) in [7, 11) is -0.145. The molecule has 1 rings (SSSR count). The summed E-state index contributed by atoms with van der Waals surface area (Å²) in [5.74, 6) is -0.389. The number of aryl methyl sites for hydroxylation is 1. The monoisotopic (exact) mass is 412 g/mol. The molecule has 160 valence electrons. The summed E-state index contributed by atoms with van der Waals surface area (Å²) in [6.07, 6.45) is 7.15. The molecular weight excluding hydrogens is 376 g/mol. The van der Waals surface area contributed by atoms with Crippen LogP contribution in [0.25, 0.3) is 0 Å². The molecule has 0 bridgehead atoms. The van der Waals surface area contributed by atoms with Crippen molar-refractivity contribution in [2.45, 2.75) is 51.9 Å². The predicted molar refractivity (Wildman–Crippen MR) is 112 cm³/mol. The van der Waals surface area contributed by atoms with Crippen LogP contribution in [0.5, 0.6) is 0 Å². The SMILES string of the molecule is CCCCCCc1ccc(C(=O)NCCC[N+](C)(C)CCCS(=O)(=O)[O-])cc1. The molecule has 0 aliphatic carbocycles. The van der Waals surface area contributed by atoms with Gasteiger partial charge in [-0.2, -0.15) is 0 Å². The summed E-state index contributed by atoms with van der Waals surface area (Å²) < 4.78 is 32.7. The Morgan fingerprint density at radius 1 is 1.00 bits per heavy atom. The normalized spacial score (nSPS) is 12.1. The number of carbonyl (C=O) groups is 1. The predicted octanol–water partition coefficient (Wildman–Crippen LogP) is 2.94. The van der Waals surface area contributed by atoms with Crippen LogP contribution >= 0.6 is 0 Å². The van der Waals surface area contributed by atoms with Gasteiger partial charge in [0, 0.05) is 30.7 Å². The number of amides is 1. The van der Waals surface area contributed by atoms with E-state index in [1.807, 2.05) is 38.4 Å². The van der Waals surface area contributed by atoms with E-state index in [1.54, 1.807) is 0 Å². The van der Waals surface area contributed by atoms with E-state index in [0.29, 0.717) is 29.6 Å². The lowest BCUT2D eigenvalue weighted by molar-refractivity contribution is -0.890. The van der Waals surface area contributed by atoms with Gasteiger partial charge in [-0.05, 0) is 30.5 Å². The van der Waals surface area contributed by atoms with Crippen LogP contribution in [-0.2, 0) is 16.5 Å². The van der Waals surface area contributed by atoms with Crippen molar-refractivity contribution >= 4 is 16.0 Å². The van der Waals surface area contributed by atoms with Crippen LogP contribution in [-0.4, -0.2) is 62.8 Å². The Morgan fingerprint density at radius 3 is 2.25 bits per heavy atom. The molecule has 6 nitrogen and oxygen atoms in total. The van der Waals surface area contributed by atoms with Gasteiger partial charge in [-0.1, -0.05) is 38.3 Å². The second kappa shape index (κ2) is 12.2. The van der Waals surface area contributed by atoms with Crippen LogP contribution in [0.15, 0.2) is 24.3 Å². The maximum Gasteiger partial charge on any atom is 0.251 e. The van der Waals surface area contributed by atoms with E-state index < -0.39 is 10.1 Å². The van der Waals surface area contributed by atoms with E-state index in [4.69, 9.17) is 0 Å². The number of rotatable bonds is 14. The van der Waals surface area contributed by atoms with Gasteiger partial charge in [-0.3, -0.25) is 4.79 Å². The van der Waals surface area contributed by atoms with Crippen LogP contribution in [0.4, 0.5) is 0 Å². The van der Waals surface area contributed by atoms with Crippen molar-refractivity contribution in [1.82, 2.24) is 5.32 Å². The average Bonchev–Trinajstić information content (AvgIpc) is 2.61. The summed E-state index contributed by atoms with van der Waals surface area (Å²) in [5.41, 5.74) is 1.94. The van der Waals surface area contributed by atoms with Crippen molar-refractivity contribution in [3.8, 4) is 0 Å². The standard InChI is InChI=1S/C21H36N2O4S/c1-4-5-6-7-10-19-11-13-20(14-12-19)21(24)22-15-8-16-23(2,3)17-9-18-28(25,26)27/h11-14H,4-10,15-18H2,1-3H3,(H-,22,24,25,26,27). The van der Waals surface area contributed by atoms with Crippen LogP contribution < -0.4 is 5.32 Å². The molecule has 0 atom stereocenters. The molecule has 0 heterocycles. The quantitative estimate of drug-likeness (QED) is 0.289. The van der Waals surface area contributed by atoms with Gasteiger partial charge in [0.1, 0.15) is 0 Å².